The van der Waals surface area contributed by atoms with Gasteiger partial charge in [0, 0.05) is 11.5 Å². The average molecular weight is 273 g/mol. The van der Waals surface area contributed by atoms with Crippen molar-refractivity contribution in [1.82, 2.24) is 5.32 Å². The van der Waals surface area contributed by atoms with Gasteiger partial charge in [0.25, 0.3) is 0 Å². The van der Waals surface area contributed by atoms with E-state index in [0.717, 1.165) is 12.8 Å². The highest BCUT2D eigenvalue weighted by Crippen LogP contribution is 2.50. The number of aliphatic hydroxyl groups excluding tert-OH is 1. The quantitative estimate of drug-likeness (QED) is 0.564. The molecule has 1 aromatic carbocycles. The predicted octanol–water partition coefficient (Wildman–Crippen LogP) is 1.61. The van der Waals surface area contributed by atoms with Crippen LogP contribution in [0, 0.1) is 5.41 Å². The lowest BCUT2D eigenvalue weighted by Crippen LogP contribution is -2.43. The summed E-state index contributed by atoms with van der Waals surface area (Å²) in [4.78, 5) is 4.42. The van der Waals surface area contributed by atoms with Crippen LogP contribution in [0.4, 0.5) is 0 Å². The van der Waals surface area contributed by atoms with Crippen LogP contribution in [0.1, 0.15) is 37.2 Å². The first-order valence-corrected chi connectivity index (χ1v) is 7.43. The zero-order valence-electron chi connectivity index (χ0n) is 11.8. The van der Waals surface area contributed by atoms with Crippen molar-refractivity contribution in [2.75, 3.05) is 13.2 Å². The predicted molar refractivity (Wildman–Crippen MR) is 80.6 cm³/mol. The minimum atomic E-state index is -0.0731. The van der Waals surface area contributed by atoms with Gasteiger partial charge in [-0.15, -0.1) is 0 Å². The van der Waals surface area contributed by atoms with Gasteiger partial charge in [0.1, 0.15) is 0 Å². The third kappa shape index (κ3) is 2.96. The molecule has 20 heavy (non-hydrogen) atoms. The van der Waals surface area contributed by atoms with Crippen LogP contribution in [0.5, 0.6) is 0 Å². The second kappa shape index (κ2) is 5.44. The van der Waals surface area contributed by atoms with E-state index in [2.05, 4.69) is 34.6 Å². The van der Waals surface area contributed by atoms with Gasteiger partial charge in [0.15, 0.2) is 5.96 Å². The monoisotopic (exact) mass is 273 g/mol. The van der Waals surface area contributed by atoms with Crippen LogP contribution in [-0.4, -0.2) is 30.3 Å². The molecule has 2 fully saturated rings. The normalized spacial score (nSPS) is 29.9. The SMILES string of the molecule is NC(=NCC1(CO)CC(c2ccccc2)C1)NC1CC1. The molecule has 0 bridgehead atoms. The van der Waals surface area contributed by atoms with Gasteiger partial charge in [0.2, 0.25) is 0 Å². The summed E-state index contributed by atoms with van der Waals surface area (Å²) < 4.78 is 0. The Bertz CT molecular complexity index is 476. The molecule has 4 N–H and O–H groups in total. The maximum Gasteiger partial charge on any atom is 0.188 e. The molecule has 2 aliphatic carbocycles. The van der Waals surface area contributed by atoms with Crippen LogP contribution >= 0.6 is 0 Å². The summed E-state index contributed by atoms with van der Waals surface area (Å²) in [5.41, 5.74) is 7.15. The van der Waals surface area contributed by atoms with Gasteiger partial charge in [-0.05, 0) is 37.2 Å². The van der Waals surface area contributed by atoms with E-state index in [4.69, 9.17) is 5.73 Å². The third-order valence-corrected chi connectivity index (χ3v) is 4.48. The van der Waals surface area contributed by atoms with Gasteiger partial charge in [-0.2, -0.15) is 0 Å². The molecule has 2 aliphatic rings. The first kappa shape index (κ1) is 13.4. The molecule has 4 nitrogen and oxygen atoms in total. The van der Waals surface area contributed by atoms with Crippen molar-refractivity contribution in [2.45, 2.75) is 37.6 Å². The zero-order valence-corrected chi connectivity index (χ0v) is 11.8. The second-order valence-corrected chi connectivity index (χ2v) is 6.29. The third-order valence-electron chi connectivity index (χ3n) is 4.48. The number of nitrogens with two attached hydrogens (primary N) is 1. The Balaban J connectivity index is 1.55. The molecular weight excluding hydrogens is 250 g/mol. The van der Waals surface area contributed by atoms with Crippen LogP contribution < -0.4 is 11.1 Å². The fourth-order valence-electron chi connectivity index (χ4n) is 2.99. The molecule has 0 spiro atoms. The number of hydrogen-bond donors (Lipinski definition) is 3. The van der Waals surface area contributed by atoms with Crippen molar-refractivity contribution in [3.63, 3.8) is 0 Å². The fraction of sp³-hybridized carbons (Fsp3) is 0.562. The number of guanidine groups is 1. The maximum atomic E-state index is 9.68. The molecule has 0 radical (unpaired) electrons. The van der Waals surface area contributed by atoms with Crippen LogP contribution in [0.25, 0.3) is 0 Å². The molecule has 3 rings (SSSR count). The van der Waals surface area contributed by atoms with Crippen molar-refractivity contribution >= 4 is 5.96 Å². The molecule has 108 valence electrons. The van der Waals surface area contributed by atoms with E-state index in [-0.39, 0.29) is 12.0 Å². The molecule has 1 aromatic rings. The van der Waals surface area contributed by atoms with E-state index in [9.17, 15) is 5.11 Å². The number of aliphatic hydroxyl groups is 1. The molecule has 0 atom stereocenters. The van der Waals surface area contributed by atoms with Crippen molar-refractivity contribution in [1.29, 1.82) is 0 Å². The Hall–Kier alpha value is -1.55. The van der Waals surface area contributed by atoms with E-state index in [0.29, 0.717) is 24.5 Å². The van der Waals surface area contributed by atoms with E-state index in [1.807, 2.05) is 6.07 Å². The lowest BCUT2D eigenvalue weighted by Gasteiger charge is -2.46. The summed E-state index contributed by atoms with van der Waals surface area (Å²) in [6, 6.07) is 11.0. The average Bonchev–Trinajstić information content (AvgIpc) is 3.23. The highest BCUT2D eigenvalue weighted by atomic mass is 16.3. The number of nitrogens with zero attached hydrogens (tertiary/aromatic N) is 1. The Morgan fingerprint density at radius 2 is 2.00 bits per heavy atom. The highest BCUT2D eigenvalue weighted by molar-refractivity contribution is 5.78. The first-order chi connectivity index (χ1) is 9.71. The smallest absolute Gasteiger partial charge is 0.188 e. The Kier molecular flexibility index (Phi) is 3.66. The van der Waals surface area contributed by atoms with Crippen LogP contribution in [0.2, 0.25) is 0 Å². The summed E-state index contributed by atoms with van der Waals surface area (Å²) in [6.45, 7) is 0.814. The van der Waals surface area contributed by atoms with Gasteiger partial charge in [0.05, 0.1) is 13.2 Å². The summed E-state index contributed by atoms with van der Waals surface area (Å²) >= 11 is 0. The van der Waals surface area contributed by atoms with Gasteiger partial charge in [-0.25, -0.2) is 0 Å². The van der Waals surface area contributed by atoms with E-state index in [1.165, 1.54) is 18.4 Å². The first-order valence-electron chi connectivity index (χ1n) is 7.43. The van der Waals surface area contributed by atoms with Crippen LogP contribution in [0.15, 0.2) is 35.3 Å². The minimum Gasteiger partial charge on any atom is -0.396 e. The Morgan fingerprint density at radius 3 is 2.60 bits per heavy atom. The number of nitrogens with one attached hydrogen (secondary N) is 1. The van der Waals surface area contributed by atoms with Crippen molar-refractivity contribution in [3.05, 3.63) is 35.9 Å². The largest absolute Gasteiger partial charge is 0.396 e. The molecule has 0 aromatic heterocycles. The van der Waals surface area contributed by atoms with E-state index >= 15 is 0 Å². The van der Waals surface area contributed by atoms with Crippen LogP contribution in [0.3, 0.4) is 0 Å². The van der Waals surface area contributed by atoms with Crippen molar-refractivity contribution in [2.24, 2.45) is 16.1 Å². The van der Waals surface area contributed by atoms with Gasteiger partial charge in [-0.3, -0.25) is 4.99 Å². The second-order valence-electron chi connectivity index (χ2n) is 6.29. The molecule has 0 aliphatic heterocycles. The van der Waals surface area contributed by atoms with Crippen molar-refractivity contribution < 1.29 is 5.11 Å². The molecular formula is C16H23N3O. The van der Waals surface area contributed by atoms with Crippen molar-refractivity contribution in [3.8, 4) is 0 Å². The lowest BCUT2D eigenvalue weighted by atomic mass is 9.60. The number of hydrogen-bond acceptors (Lipinski definition) is 2. The maximum absolute atomic E-state index is 9.68. The topological polar surface area (TPSA) is 70.6 Å². The summed E-state index contributed by atoms with van der Waals surface area (Å²) in [6.07, 6.45) is 4.37. The minimum absolute atomic E-state index is 0.0731. The molecule has 4 heteroatoms. The molecule has 0 unspecified atom stereocenters. The zero-order chi connectivity index (χ0) is 14.0. The van der Waals surface area contributed by atoms with E-state index in [1.54, 1.807) is 0 Å². The molecule has 0 amide bonds. The lowest BCUT2D eigenvalue weighted by molar-refractivity contribution is 0.0341. The molecule has 0 heterocycles. The summed E-state index contributed by atoms with van der Waals surface area (Å²) in [5.74, 6) is 1.08. The summed E-state index contributed by atoms with van der Waals surface area (Å²) in [5, 5.41) is 12.9. The molecule has 0 saturated heterocycles. The van der Waals surface area contributed by atoms with Gasteiger partial charge >= 0.3 is 0 Å². The fourth-order valence-corrected chi connectivity index (χ4v) is 2.99. The summed E-state index contributed by atoms with van der Waals surface area (Å²) in [7, 11) is 0. The number of rotatable bonds is 5. The van der Waals surface area contributed by atoms with E-state index < -0.39 is 0 Å². The Labute approximate surface area is 120 Å². The highest BCUT2D eigenvalue weighted by Gasteiger charge is 2.44. The molecule has 2 saturated carbocycles. The number of aliphatic imine (C=N–C) groups is 1. The standard InChI is InChI=1S/C16H23N3O/c17-15(19-14-6-7-14)18-10-16(11-20)8-13(9-16)12-4-2-1-3-5-12/h1-5,13-14,20H,6-11H2,(H3,17,18,19). The number of benzene rings is 1. The Morgan fingerprint density at radius 1 is 1.30 bits per heavy atom. The van der Waals surface area contributed by atoms with Gasteiger partial charge in [-0.1, -0.05) is 30.3 Å². The van der Waals surface area contributed by atoms with Crippen LogP contribution in [-0.2, 0) is 0 Å². The van der Waals surface area contributed by atoms with Gasteiger partial charge < -0.3 is 16.2 Å².